The fourth-order valence-corrected chi connectivity index (χ4v) is 1.89. The summed E-state index contributed by atoms with van der Waals surface area (Å²) in [5.74, 6) is 0.279. The van der Waals surface area contributed by atoms with E-state index in [0.29, 0.717) is 6.04 Å². The van der Waals surface area contributed by atoms with Crippen LogP contribution in [0.5, 0.6) is 0 Å². The summed E-state index contributed by atoms with van der Waals surface area (Å²) in [6, 6.07) is 0.576. The van der Waals surface area contributed by atoms with Gasteiger partial charge in [-0.1, -0.05) is 6.92 Å². The van der Waals surface area contributed by atoms with Crippen LogP contribution in [0.3, 0.4) is 0 Å². The van der Waals surface area contributed by atoms with Crippen LogP contribution in [0.25, 0.3) is 0 Å². The third-order valence-corrected chi connectivity index (χ3v) is 2.93. The molecule has 12 heavy (non-hydrogen) atoms. The molecule has 1 aliphatic rings. The first kappa shape index (κ1) is 9.97. The van der Waals surface area contributed by atoms with Crippen LogP contribution in [0, 0.1) is 5.92 Å². The lowest BCUT2D eigenvalue weighted by atomic mass is 9.93. The minimum atomic E-state index is -0.551. The zero-order valence-electron chi connectivity index (χ0n) is 8.39. The molecule has 0 spiro atoms. The first-order chi connectivity index (χ1) is 5.65. The summed E-state index contributed by atoms with van der Waals surface area (Å²) in [5.41, 5.74) is 0. The summed E-state index contributed by atoms with van der Waals surface area (Å²) in [6.07, 6.45) is 1.16. The van der Waals surface area contributed by atoms with E-state index in [0.717, 1.165) is 25.9 Å². The number of hydrogen-bond acceptors (Lipinski definition) is 1. The smallest absolute Gasteiger partial charge is 0.105 e. The zero-order valence-corrected chi connectivity index (χ0v) is 8.39. The fourth-order valence-electron chi connectivity index (χ4n) is 1.89. The SMILES string of the molecule is CCC1CN(C(C)C)CCC1F. The number of piperidine rings is 1. The normalized spacial score (nSPS) is 32.8. The van der Waals surface area contributed by atoms with Crippen molar-refractivity contribution in [3.8, 4) is 0 Å². The lowest BCUT2D eigenvalue weighted by Gasteiger charge is -2.37. The predicted octanol–water partition coefficient (Wildman–Crippen LogP) is 2.46. The van der Waals surface area contributed by atoms with E-state index >= 15 is 0 Å². The predicted molar refractivity (Wildman–Crippen MR) is 50.0 cm³/mol. The molecule has 72 valence electrons. The van der Waals surface area contributed by atoms with Gasteiger partial charge in [-0.25, -0.2) is 4.39 Å². The summed E-state index contributed by atoms with van der Waals surface area (Å²) in [4.78, 5) is 2.38. The molecule has 0 amide bonds. The molecule has 2 atom stereocenters. The molecule has 2 unspecified atom stereocenters. The standard InChI is InChI=1S/C10H20FN/c1-4-9-7-12(8(2)3)6-5-10(9)11/h8-10H,4-7H2,1-3H3. The van der Waals surface area contributed by atoms with E-state index in [9.17, 15) is 4.39 Å². The van der Waals surface area contributed by atoms with Crippen LogP contribution in [-0.2, 0) is 0 Å². The quantitative estimate of drug-likeness (QED) is 0.620. The molecule has 0 aliphatic carbocycles. The van der Waals surface area contributed by atoms with Crippen molar-refractivity contribution >= 4 is 0 Å². The first-order valence-electron chi connectivity index (χ1n) is 5.03. The second kappa shape index (κ2) is 4.22. The Bertz CT molecular complexity index is 136. The van der Waals surface area contributed by atoms with Gasteiger partial charge < -0.3 is 4.90 Å². The van der Waals surface area contributed by atoms with Crippen molar-refractivity contribution in [2.24, 2.45) is 5.92 Å². The lowest BCUT2D eigenvalue weighted by molar-refractivity contribution is 0.0666. The van der Waals surface area contributed by atoms with Crippen LogP contribution < -0.4 is 0 Å². The molecular weight excluding hydrogens is 153 g/mol. The van der Waals surface area contributed by atoms with Gasteiger partial charge in [0.15, 0.2) is 0 Å². The van der Waals surface area contributed by atoms with E-state index in [4.69, 9.17) is 0 Å². The van der Waals surface area contributed by atoms with Gasteiger partial charge in [-0.3, -0.25) is 0 Å². The van der Waals surface area contributed by atoms with Crippen molar-refractivity contribution in [3.63, 3.8) is 0 Å². The Morgan fingerprint density at radius 3 is 2.67 bits per heavy atom. The maximum absolute atomic E-state index is 13.3. The van der Waals surface area contributed by atoms with Crippen LogP contribution in [0.1, 0.15) is 33.6 Å². The largest absolute Gasteiger partial charge is 0.300 e. The average Bonchev–Trinajstić information content (AvgIpc) is 2.05. The molecule has 1 saturated heterocycles. The highest BCUT2D eigenvalue weighted by molar-refractivity contribution is 4.80. The molecule has 0 radical (unpaired) electrons. The monoisotopic (exact) mass is 173 g/mol. The number of alkyl halides is 1. The Morgan fingerprint density at radius 2 is 2.17 bits per heavy atom. The Balaban J connectivity index is 2.44. The van der Waals surface area contributed by atoms with E-state index in [1.54, 1.807) is 0 Å². The Kier molecular flexibility index (Phi) is 3.51. The fraction of sp³-hybridized carbons (Fsp3) is 1.00. The second-order valence-electron chi connectivity index (χ2n) is 4.06. The van der Waals surface area contributed by atoms with Crippen LogP contribution in [0.4, 0.5) is 4.39 Å². The molecule has 1 heterocycles. The van der Waals surface area contributed by atoms with Gasteiger partial charge in [-0.05, 0) is 26.7 Å². The molecule has 0 aromatic heterocycles. The molecule has 0 bridgehead atoms. The second-order valence-corrected chi connectivity index (χ2v) is 4.06. The van der Waals surface area contributed by atoms with Crippen LogP contribution in [0.15, 0.2) is 0 Å². The van der Waals surface area contributed by atoms with Gasteiger partial charge in [-0.15, -0.1) is 0 Å². The summed E-state index contributed by atoms with van der Waals surface area (Å²) in [6.45, 7) is 8.35. The molecular formula is C10H20FN. The van der Waals surface area contributed by atoms with Gasteiger partial charge >= 0.3 is 0 Å². The van der Waals surface area contributed by atoms with Crippen molar-refractivity contribution in [1.29, 1.82) is 0 Å². The minimum absolute atomic E-state index is 0.279. The van der Waals surface area contributed by atoms with Crippen LogP contribution in [-0.4, -0.2) is 30.2 Å². The number of hydrogen-bond donors (Lipinski definition) is 0. The van der Waals surface area contributed by atoms with Crippen molar-refractivity contribution in [1.82, 2.24) is 4.90 Å². The van der Waals surface area contributed by atoms with E-state index in [-0.39, 0.29) is 5.92 Å². The summed E-state index contributed by atoms with van der Waals surface area (Å²) < 4.78 is 13.3. The highest BCUT2D eigenvalue weighted by Gasteiger charge is 2.28. The maximum atomic E-state index is 13.3. The van der Waals surface area contributed by atoms with Crippen LogP contribution >= 0.6 is 0 Å². The van der Waals surface area contributed by atoms with Crippen LogP contribution in [0.2, 0.25) is 0 Å². The summed E-state index contributed by atoms with van der Waals surface area (Å²) in [7, 11) is 0. The van der Waals surface area contributed by atoms with E-state index in [1.807, 2.05) is 0 Å². The van der Waals surface area contributed by atoms with Gasteiger partial charge in [0.2, 0.25) is 0 Å². The third kappa shape index (κ3) is 2.19. The molecule has 1 rings (SSSR count). The molecule has 1 aliphatic heterocycles. The molecule has 2 heteroatoms. The number of rotatable bonds is 2. The topological polar surface area (TPSA) is 3.24 Å². The van der Waals surface area contributed by atoms with Crippen molar-refractivity contribution in [3.05, 3.63) is 0 Å². The Labute approximate surface area is 74.9 Å². The molecule has 0 aromatic carbocycles. The average molecular weight is 173 g/mol. The lowest BCUT2D eigenvalue weighted by Crippen LogP contribution is -2.44. The van der Waals surface area contributed by atoms with E-state index < -0.39 is 6.17 Å². The number of likely N-dealkylation sites (tertiary alicyclic amines) is 1. The number of halogens is 1. The van der Waals surface area contributed by atoms with Gasteiger partial charge in [0.05, 0.1) is 0 Å². The third-order valence-electron chi connectivity index (χ3n) is 2.93. The molecule has 0 N–H and O–H groups in total. The van der Waals surface area contributed by atoms with Gasteiger partial charge in [-0.2, -0.15) is 0 Å². The first-order valence-corrected chi connectivity index (χ1v) is 5.03. The Hall–Kier alpha value is -0.110. The zero-order chi connectivity index (χ0) is 9.14. The molecule has 1 fully saturated rings. The number of nitrogens with zero attached hydrogens (tertiary/aromatic N) is 1. The van der Waals surface area contributed by atoms with E-state index in [1.165, 1.54) is 0 Å². The molecule has 0 saturated carbocycles. The van der Waals surface area contributed by atoms with Gasteiger partial charge in [0, 0.05) is 25.0 Å². The Morgan fingerprint density at radius 1 is 1.50 bits per heavy atom. The summed E-state index contributed by atoms with van der Waals surface area (Å²) >= 11 is 0. The van der Waals surface area contributed by atoms with Crippen molar-refractivity contribution in [2.45, 2.75) is 45.8 Å². The van der Waals surface area contributed by atoms with Gasteiger partial charge in [0.1, 0.15) is 6.17 Å². The molecule has 0 aromatic rings. The van der Waals surface area contributed by atoms with Gasteiger partial charge in [0.25, 0.3) is 0 Å². The highest BCUT2D eigenvalue weighted by Crippen LogP contribution is 2.23. The van der Waals surface area contributed by atoms with Crippen molar-refractivity contribution in [2.75, 3.05) is 13.1 Å². The van der Waals surface area contributed by atoms with E-state index in [2.05, 4.69) is 25.7 Å². The minimum Gasteiger partial charge on any atom is -0.300 e. The summed E-state index contributed by atoms with van der Waals surface area (Å²) in [5, 5.41) is 0. The van der Waals surface area contributed by atoms with Crippen molar-refractivity contribution < 1.29 is 4.39 Å². The molecule has 1 nitrogen and oxygen atoms in total. The maximum Gasteiger partial charge on any atom is 0.105 e. The highest BCUT2D eigenvalue weighted by atomic mass is 19.1.